The number of thiophene rings is 1. The first-order valence-electron chi connectivity index (χ1n) is 11.3. The van der Waals surface area contributed by atoms with Crippen LogP contribution in [-0.2, 0) is 24.2 Å². The minimum absolute atomic E-state index is 0.0475. The van der Waals surface area contributed by atoms with E-state index in [1.807, 2.05) is 38.1 Å². The Morgan fingerprint density at radius 3 is 2.71 bits per heavy atom. The highest BCUT2D eigenvalue weighted by Crippen LogP contribution is 2.23. The average molecular weight is 496 g/mol. The van der Waals surface area contributed by atoms with Gasteiger partial charge < -0.3 is 9.30 Å². The maximum Gasteiger partial charge on any atom is 0.262 e. The van der Waals surface area contributed by atoms with E-state index in [0.717, 1.165) is 29.9 Å². The quantitative estimate of drug-likeness (QED) is 0.125. The molecule has 0 bridgehead atoms. The van der Waals surface area contributed by atoms with Gasteiger partial charge in [0.25, 0.3) is 5.56 Å². The van der Waals surface area contributed by atoms with E-state index in [0.29, 0.717) is 35.6 Å². The fourth-order valence-electron chi connectivity index (χ4n) is 4.13. The van der Waals surface area contributed by atoms with Gasteiger partial charge in [0.05, 0.1) is 16.7 Å². The molecule has 34 heavy (non-hydrogen) atoms. The molecule has 8 heteroatoms. The van der Waals surface area contributed by atoms with Gasteiger partial charge in [-0.15, -0.1) is 11.3 Å². The van der Waals surface area contributed by atoms with Crippen molar-refractivity contribution in [3.05, 3.63) is 80.0 Å². The van der Waals surface area contributed by atoms with Gasteiger partial charge in [0.2, 0.25) is 0 Å². The summed E-state index contributed by atoms with van der Waals surface area (Å²) in [5.41, 5.74) is 3.39. The lowest BCUT2D eigenvalue weighted by Gasteiger charge is -2.13. The molecule has 0 amide bonds. The van der Waals surface area contributed by atoms with Crippen LogP contribution in [0.15, 0.2) is 57.8 Å². The number of carbonyl (C=O) groups excluding carboxylic acids is 1. The van der Waals surface area contributed by atoms with Crippen molar-refractivity contribution in [1.82, 2.24) is 14.1 Å². The molecule has 1 aromatic carbocycles. The molecular weight excluding hydrogens is 466 g/mol. The maximum atomic E-state index is 13.2. The Morgan fingerprint density at radius 1 is 1.12 bits per heavy atom. The van der Waals surface area contributed by atoms with Crippen LogP contribution >= 0.6 is 23.1 Å². The summed E-state index contributed by atoms with van der Waals surface area (Å²) in [6.45, 7) is 5.96. The molecule has 6 nitrogen and oxygen atoms in total. The van der Waals surface area contributed by atoms with Crippen molar-refractivity contribution in [2.24, 2.45) is 0 Å². The van der Waals surface area contributed by atoms with Crippen molar-refractivity contribution in [1.29, 1.82) is 0 Å². The zero-order chi connectivity index (χ0) is 24.1. The number of nitrogens with zero attached hydrogens (tertiary/aromatic N) is 3. The summed E-state index contributed by atoms with van der Waals surface area (Å²) in [7, 11) is 1.65. The zero-order valence-electron chi connectivity index (χ0n) is 19.7. The molecule has 0 unspecified atom stereocenters. The lowest BCUT2D eigenvalue weighted by Crippen LogP contribution is -2.24. The minimum atomic E-state index is -0.0802. The maximum absolute atomic E-state index is 13.2. The molecule has 0 spiro atoms. The van der Waals surface area contributed by atoms with Gasteiger partial charge in [-0.05, 0) is 56.3 Å². The standard InChI is InChI=1S/C26H29N3O3S2/c1-18-16-22(19(2)28(18)13-11-20-8-6-15-33-20)24(30)17-34-26-27-23-10-5-4-9-21(23)25(31)29(26)12-7-14-32-3/h4-6,8-10,15-16H,7,11-14,17H2,1-3H3. The topological polar surface area (TPSA) is 66.1 Å². The number of para-hydroxylation sites is 1. The van der Waals surface area contributed by atoms with E-state index in [-0.39, 0.29) is 17.1 Å². The second-order valence-electron chi connectivity index (χ2n) is 8.19. The van der Waals surface area contributed by atoms with Crippen LogP contribution in [0.4, 0.5) is 0 Å². The summed E-state index contributed by atoms with van der Waals surface area (Å²) in [5.74, 6) is 0.274. The van der Waals surface area contributed by atoms with E-state index in [4.69, 9.17) is 9.72 Å². The Balaban J connectivity index is 1.53. The van der Waals surface area contributed by atoms with E-state index in [1.54, 1.807) is 29.1 Å². The van der Waals surface area contributed by atoms with Gasteiger partial charge in [-0.25, -0.2) is 4.98 Å². The molecular formula is C26H29N3O3S2. The SMILES string of the molecule is COCCCn1c(SCC(=O)c2cc(C)n(CCc3cccs3)c2C)nc2ccccc2c1=O. The summed E-state index contributed by atoms with van der Waals surface area (Å²) in [5, 5.41) is 3.25. The molecule has 178 valence electrons. The number of ether oxygens (including phenoxy) is 1. The number of carbonyl (C=O) groups is 1. The van der Waals surface area contributed by atoms with Gasteiger partial charge >= 0.3 is 0 Å². The number of Topliss-reactive ketones (excluding diaryl/α,β-unsaturated/α-hetero) is 1. The molecule has 0 saturated heterocycles. The first-order valence-corrected chi connectivity index (χ1v) is 13.2. The molecule has 0 atom stereocenters. The third kappa shape index (κ3) is 5.35. The molecule has 3 aromatic heterocycles. The number of hydrogen-bond donors (Lipinski definition) is 0. The molecule has 3 heterocycles. The van der Waals surface area contributed by atoms with Gasteiger partial charge in [0.15, 0.2) is 10.9 Å². The van der Waals surface area contributed by atoms with Gasteiger partial charge in [0.1, 0.15) is 0 Å². The van der Waals surface area contributed by atoms with Crippen molar-refractivity contribution in [2.45, 2.75) is 44.9 Å². The van der Waals surface area contributed by atoms with Crippen LogP contribution in [-0.4, -0.2) is 39.4 Å². The van der Waals surface area contributed by atoms with Crippen LogP contribution in [0.1, 0.15) is 33.0 Å². The number of ketones is 1. The number of aromatic nitrogens is 3. The second kappa shape index (κ2) is 11.2. The lowest BCUT2D eigenvalue weighted by molar-refractivity contribution is 0.102. The number of hydrogen-bond acceptors (Lipinski definition) is 6. The number of fused-ring (bicyclic) bond motifs is 1. The normalized spacial score (nSPS) is 11.4. The first-order chi connectivity index (χ1) is 16.5. The van der Waals surface area contributed by atoms with E-state index in [9.17, 15) is 9.59 Å². The van der Waals surface area contributed by atoms with Crippen molar-refractivity contribution in [3.8, 4) is 0 Å². The Bertz CT molecular complexity index is 1340. The van der Waals surface area contributed by atoms with Crippen LogP contribution < -0.4 is 5.56 Å². The third-order valence-corrected chi connectivity index (χ3v) is 7.84. The fraction of sp³-hybridized carbons (Fsp3) is 0.346. The van der Waals surface area contributed by atoms with Gasteiger partial charge in [-0.1, -0.05) is 30.0 Å². The van der Waals surface area contributed by atoms with E-state index >= 15 is 0 Å². The molecule has 4 rings (SSSR count). The smallest absolute Gasteiger partial charge is 0.262 e. The predicted octanol–water partition coefficient (Wildman–Crippen LogP) is 5.13. The summed E-state index contributed by atoms with van der Waals surface area (Å²) >= 11 is 3.08. The van der Waals surface area contributed by atoms with E-state index < -0.39 is 0 Å². The zero-order valence-corrected chi connectivity index (χ0v) is 21.4. The largest absolute Gasteiger partial charge is 0.385 e. The van der Waals surface area contributed by atoms with Crippen molar-refractivity contribution < 1.29 is 9.53 Å². The van der Waals surface area contributed by atoms with Crippen LogP contribution in [0, 0.1) is 13.8 Å². The number of aryl methyl sites for hydroxylation is 2. The molecule has 0 radical (unpaired) electrons. The Kier molecular flexibility index (Phi) is 8.03. The Hall–Kier alpha value is -2.68. The summed E-state index contributed by atoms with van der Waals surface area (Å²) < 4.78 is 9.04. The summed E-state index contributed by atoms with van der Waals surface area (Å²) in [6.07, 6.45) is 1.65. The molecule has 0 aliphatic rings. The van der Waals surface area contributed by atoms with Crippen molar-refractivity contribution in [2.75, 3.05) is 19.5 Å². The highest BCUT2D eigenvalue weighted by Gasteiger charge is 2.18. The molecule has 0 N–H and O–H groups in total. The Morgan fingerprint density at radius 2 is 1.94 bits per heavy atom. The monoisotopic (exact) mass is 495 g/mol. The molecule has 0 saturated carbocycles. The molecule has 0 fully saturated rings. The minimum Gasteiger partial charge on any atom is -0.385 e. The first kappa shape index (κ1) is 24.4. The second-order valence-corrected chi connectivity index (χ2v) is 10.2. The average Bonchev–Trinajstić information content (AvgIpc) is 3.45. The number of rotatable bonds is 11. The van der Waals surface area contributed by atoms with Gasteiger partial charge in [-0.3, -0.25) is 14.2 Å². The highest BCUT2D eigenvalue weighted by molar-refractivity contribution is 7.99. The van der Waals surface area contributed by atoms with Crippen LogP contribution in [0.3, 0.4) is 0 Å². The van der Waals surface area contributed by atoms with Gasteiger partial charge in [0, 0.05) is 48.6 Å². The number of benzene rings is 1. The summed E-state index contributed by atoms with van der Waals surface area (Å²) in [6, 6.07) is 13.5. The van der Waals surface area contributed by atoms with Crippen molar-refractivity contribution in [3.63, 3.8) is 0 Å². The van der Waals surface area contributed by atoms with Crippen molar-refractivity contribution >= 4 is 39.8 Å². The van der Waals surface area contributed by atoms with E-state index in [2.05, 4.69) is 22.1 Å². The van der Waals surface area contributed by atoms with Gasteiger partial charge in [-0.2, -0.15) is 0 Å². The number of thioether (sulfide) groups is 1. The number of methoxy groups -OCH3 is 1. The molecule has 4 aromatic rings. The summed E-state index contributed by atoms with van der Waals surface area (Å²) in [4.78, 5) is 32.4. The van der Waals surface area contributed by atoms with Crippen LogP contribution in [0.5, 0.6) is 0 Å². The Labute approximate surface area is 207 Å². The predicted molar refractivity (Wildman–Crippen MR) is 139 cm³/mol. The molecule has 0 aliphatic carbocycles. The van der Waals surface area contributed by atoms with Crippen LogP contribution in [0.2, 0.25) is 0 Å². The molecule has 0 aliphatic heterocycles. The van der Waals surface area contributed by atoms with E-state index in [1.165, 1.54) is 16.6 Å². The third-order valence-electron chi connectivity index (χ3n) is 5.93. The van der Waals surface area contributed by atoms with Crippen LogP contribution in [0.25, 0.3) is 10.9 Å². The lowest BCUT2D eigenvalue weighted by atomic mass is 10.2. The fourth-order valence-corrected chi connectivity index (χ4v) is 5.74. The highest BCUT2D eigenvalue weighted by atomic mass is 32.2.